The number of alkyl halides is 3. The van der Waals surface area contributed by atoms with Crippen LogP contribution in [0.25, 0.3) is 0 Å². The van der Waals surface area contributed by atoms with Gasteiger partial charge in [0, 0.05) is 25.7 Å². The number of carboxylic acid groups (broad SMARTS) is 2. The van der Waals surface area contributed by atoms with Crippen LogP contribution in [0.2, 0.25) is 0 Å². The number of rotatable bonds is 25. The lowest BCUT2D eigenvalue weighted by Gasteiger charge is -2.13. The zero-order valence-corrected chi connectivity index (χ0v) is 27.4. The first-order valence-electron chi connectivity index (χ1n) is 14.9. The van der Waals surface area contributed by atoms with Gasteiger partial charge in [0.1, 0.15) is 30.5 Å². The number of carbonyl (C=O) groups is 4. The summed E-state index contributed by atoms with van der Waals surface area (Å²) in [5.41, 5.74) is -2.54. The molecule has 0 aliphatic heterocycles. The molecule has 0 radical (unpaired) electrons. The fourth-order valence-electron chi connectivity index (χ4n) is 3.69. The van der Waals surface area contributed by atoms with Crippen LogP contribution in [0.1, 0.15) is 34.7 Å². The molecule has 1 aromatic heterocycles. The second kappa shape index (κ2) is 21.6. The lowest BCUT2D eigenvalue weighted by Crippen LogP contribution is -2.32. The Morgan fingerprint density at radius 3 is 1.98 bits per heavy atom. The Labute approximate surface area is 284 Å². The molecule has 0 fully saturated rings. The minimum Gasteiger partial charge on any atom is -0.494 e. The molecule has 0 aliphatic carbocycles. The van der Waals surface area contributed by atoms with Crippen LogP contribution >= 0.6 is 0 Å². The zero-order valence-electron chi connectivity index (χ0n) is 26.6. The fraction of sp³-hybridized carbons (Fsp3) is 0.517. The van der Waals surface area contributed by atoms with Gasteiger partial charge in [-0.1, -0.05) is 0 Å². The van der Waals surface area contributed by atoms with E-state index in [0.29, 0.717) is 6.20 Å². The molecule has 0 bridgehead atoms. The summed E-state index contributed by atoms with van der Waals surface area (Å²) in [7, 11) is -4.20. The molecule has 0 spiro atoms. The van der Waals surface area contributed by atoms with Gasteiger partial charge >= 0.3 is 18.1 Å². The SMILES string of the molecule is O=C(O)CCCOc1ccc(S(=O)(=O)Cc2ncc(C(=O)NCCOCCOCC(=O)NCCOCCOCC(=O)O)c(C(F)(F)F)n2)cc1. The van der Waals surface area contributed by atoms with E-state index >= 15 is 0 Å². The standard InChI is InChI=1S/C29H37F3N4O13S/c30-29(31,32)27-22(16-35-23(36-27)19-50(43,44)21-5-3-20(4-6-21)49-9-1-2-25(38)39)28(42)34-8-11-46-12-14-47-17-24(37)33-7-10-45-13-15-48-18-26(40)41/h3-6,16H,1-2,7-15,17-19H2,(H,33,37)(H,34,42)(H,38,39)(H,40,41). The van der Waals surface area contributed by atoms with Crippen LogP contribution in [0, 0.1) is 0 Å². The van der Waals surface area contributed by atoms with Crippen molar-refractivity contribution in [1.29, 1.82) is 0 Å². The van der Waals surface area contributed by atoms with Crippen molar-refractivity contribution in [1.82, 2.24) is 20.6 Å². The molecular weight excluding hydrogens is 701 g/mol. The highest BCUT2D eigenvalue weighted by molar-refractivity contribution is 7.90. The van der Waals surface area contributed by atoms with Crippen molar-refractivity contribution in [2.24, 2.45) is 0 Å². The number of aromatic nitrogens is 2. The van der Waals surface area contributed by atoms with E-state index in [-0.39, 0.29) is 89.4 Å². The van der Waals surface area contributed by atoms with Crippen molar-refractivity contribution in [3.05, 3.63) is 47.5 Å². The summed E-state index contributed by atoms with van der Waals surface area (Å²) in [5.74, 6) is -5.10. The van der Waals surface area contributed by atoms with Crippen molar-refractivity contribution in [3.8, 4) is 5.75 Å². The molecule has 21 heteroatoms. The number of aliphatic carboxylic acids is 2. The van der Waals surface area contributed by atoms with E-state index in [1.54, 1.807) is 0 Å². The first-order chi connectivity index (χ1) is 23.7. The van der Waals surface area contributed by atoms with Gasteiger partial charge in [-0.15, -0.1) is 0 Å². The van der Waals surface area contributed by atoms with Gasteiger partial charge in [0.2, 0.25) is 5.91 Å². The van der Waals surface area contributed by atoms with E-state index in [1.807, 2.05) is 0 Å². The molecule has 2 amide bonds. The molecule has 1 heterocycles. The summed E-state index contributed by atoms with van der Waals surface area (Å²) in [6.45, 7) is -0.331. The quantitative estimate of drug-likeness (QED) is 0.103. The number of hydrogen-bond acceptors (Lipinski definition) is 13. The van der Waals surface area contributed by atoms with Gasteiger partial charge in [-0.2, -0.15) is 13.2 Å². The van der Waals surface area contributed by atoms with Gasteiger partial charge in [-0.3, -0.25) is 14.4 Å². The topological polar surface area (TPSA) is 239 Å². The number of carbonyl (C=O) groups excluding carboxylic acids is 2. The van der Waals surface area contributed by atoms with Crippen LogP contribution < -0.4 is 15.4 Å². The minimum absolute atomic E-state index is 0.00172. The molecule has 0 atom stereocenters. The van der Waals surface area contributed by atoms with Crippen molar-refractivity contribution in [3.63, 3.8) is 0 Å². The molecule has 2 rings (SSSR count). The summed E-state index contributed by atoms with van der Waals surface area (Å²) in [5, 5.41) is 21.8. The third-order valence-electron chi connectivity index (χ3n) is 5.96. The lowest BCUT2D eigenvalue weighted by molar-refractivity contribution is -0.143. The fourth-order valence-corrected chi connectivity index (χ4v) is 4.89. The number of hydrogen-bond donors (Lipinski definition) is 4. The zero-order chi connectivity index (χ0) is 37.0. The average Bonchev–Trinajstić information content (AvgIpc) is 3.04. The number of halogens is 3. The molecule has 0 saturated heterocycles. The van der Waals surface area contributed by atoms with Crippen LogP contribution in [0.3, 0.4) is 0 Å². The molecule has 2 aromatic rings. The van der Waals surface area contributed by atoms with E-state index in [4.69, 9.17) is 33.9 Å². The first-order valence-corrected chi connectivity index (χ1v) is 16.5. The lowest BCUT2D eigenvalue weighted by atomic mass is 10.2. The Hall–Kier alpha value is -4.44. The Balaban J connectivity index is 1.74. The third kappa shape index (κ3) is 16.8. The van der Waals surface area contributed by atoms with Crippen molar-refractivity contribution in [2.45, 2.75) is 29.7 Å². The highest BCUT2D eigenvalue weighted by Crippen LogP contribution is 2.30. The highest BCUT2D eigenvalue weighted by atomic mass is 32.2. The average molecular weight is 739 g/mol. The van der Waals surface area contributed by atoms with Crippen LogP contribution in [-0.2, 0) is 55.1 Å². The summed E-state index contributed by atoms with van der Waals surface area (Å²) in [6.07, 6.45) is -4.40. The van der Waals surface area contributed by atoms with Gasteiger partial charge < -0.3 is 44.5 Å². The molecule has 17 nitrogen and oxygen atoms in total. The number of benzene rings is 1. The van der Waals surface area contributed by atoms with E-state index in [0.717, 1.165) is 0 Å². The predicted molar refractivity (Wildman–Crippen MR) is 163 cm³/mol. The number of nitrogens with one attached hydrogen (secondary N) is 2. The Morgan fingerprint density at radius 2 is 1.38 bits per heavy atom. The summed E-state index contributed by atoms with van der Waals surface area (Å²) in [6, 6.07) is 4.97. The summed E-state index contributed by atoms with van der Waals surface area (Å²) < 4.78 is 92.6. The molecule has 4 N–H and O–H groups in total. The Morgan fingerprint density at radius 1 is 0.780 bits per heavy atom. The van der Waals surface area contributed by atoms with Crippen LogP contribution in [0.15, 0.2) is 35.4 Å². The van der Waals surface area contributed by atoms with Gasteiger partial charge in [0.05, 0.1) is 56.7 Å². The summed E-state index contributed by atoms with van der Waals surface area (Å²) in [4.78, 5) is 51.8. The molecule has 50 heavy (non-hydrogen) atoms. The van der Waals surface area contributed by atoms with Crippen LogP contribution in [-0.4, -0.2) is 125 Å². The number of nitrogens with zero attached hydrogens (tertiary/aromatic N) is 2. The smallest absolute Gasteiger partial charge is 0.434 e. The normalized spacial score (nSPS) is 11.6. The number of carboxylic acids is 2. The second-order valence-corrected chi connectivity index (χ2v) is 11.9. The minimum atomic E-state index is -5.11. The number of amides is 2. The maximum atomic E-state index is 13.8. The molecular formula is C29H37F3N4O13S. The molecule has 0 aliphatic rings. The van der Waals surface area contributed by atoms with E-state index in [1.165, 1.54) is 24.3 Å². The number of sulfone groups is 1. The van der Waals surface area contributed by atoms with Gasteiger partial charge in [-0.05, 0) is 30.7 Å². The molecule has 278 valence electrons. The molecule has 0 saturated carbocycles. The maximum absolute atomic E-state index is 13.8. The van der Waals surface area contributed by atoms with E-state index in [2.05, 4.69) is 20.6 Å². The molecule has 1 aromatic carbocycles. The third-order valence-corrected chi connectivity index (χ3v) is 7.59. The van der Waals surface area contributed by atoms with Gasteiger partial charge in [0.25, 0.3) is 5.91 Å². The number of ether oxygens (including phenoxy) is 5. The van der Waals surface area contributed by atoms with Crippen LogP contribution in [0.4, 0.5) is 13.2 Å². The predicted octanol–water partition coefficient (Wildman–Crippen LogP) is 0.710. The largest absolute Gasteiger partial charge is 0.494 e. The highest BCUT2D eigenvalue weighted by Gasteiger charge is 2.38. The summed E-state index contributed by atoms with van der Waals surface area (Å²) >= 11 is 0. The maximum Gasteiger partial charge on any atom is 0.434 e. The van der Waals surface area contributed by atoms with Gasteiger partial charge in [-0.25, -0.2) is 23.2 Å². The van der Waals surface area contributed by atoms with Gasteiger partial charge in [0.15, 0.2) is 15.5 Å². The monoisotopic (exact) mass is 738 g/mol. The van der Waals surface area contributed by atoms with Crippen LogP contribution in [0.5, 0.6) is 5.75 Å². The van der Waals surface area contributed by atoms with Crippen molar-refractivity contribution < 1.29 is 74.7 Å². The van der Waals surface area contributed by atoms with E-state index in [9.17, 15) is 40.8 Å². The second-order valence-electron chi connectivity index (χ2n) is 9.95. The van der Waals surface area contributed by atoms with Crippen molar-refractivity contribution >= 4 is 33.6 Å². The Kier molecular flexibility index (Phi) is 18.0. The van der Waals surface area contributed by atoms with Crippen molar-refractivity contribution in [2.75, 3.05) is 72.6 Å². The Bertz CT molecular complexity index is 1510. The first kappa shape index (κ1) is 41.7. The van der Waals surface area contributed by atoms with E-state index < -0.39 is 69.2 Å². The molecule has 0 unspecified atom stereocenters.